The van der Waals surface area contributed by atoms with Crippen LogP contribution in [0, 0.1) is 5.92 Å². The summed E-state index contributed by atoms with van der Waals surface area (Å²) in [6, 6.07) is 21.2. The number of hydrazone groups is 1. The molecule has 3 aromatic carbocycles. The van der Waals surface area contributed by atoms with Gasteiger partial charge < -0.3 is 18.9 Å². The van der Waals surface area contributed by atoms with Crippen molar-refractivity contribution >= 4 is 44.8 Å². The first-order chi connectivity index (χ1) is 25.5. The summed E-state index contributed by atoms with van der Waals surface area (Å²) in [5.74, 6) is 1.40. The van der Waals surface area contributed by atoms with Crippen LogP contribution in [0.1, 0.15) is 99.0 Å². The number of esters is 2. The standard InChI is InChI=1S/C42H51N3O6S/c1-4-7-8-11-24-45(42-44-37-12-9-10-13-39(37)52-42)43-30-35-29-34(32-16-14-31(5-2)15-17-32)20-23-38(35)51-41(47)33-18-21-36(22-19-33)49-27-25-48-26-28-50-40(46)6-3/h6,9-10,12-13,18-23,29-32H,3-5,7-8,11,14-17,24-28H2,1-2H3/b43-30+. The summed E-state index contributed by atoms with van der Waals surface area (Å²) in [6.07, 6.45) is 13.4. The fraction of sp³-hybridized carbons (Fsp3) is 0.429. The van der Waals surface area contributed by atoms with Gasteiger partial charge >= 0.3 is 11.9 Å². The first-order valence-corrected chi connectivity index (χ1v) is 19.4. The van der Waals surface area contributed by atoms with Gasteiger partial charge in [0.25, 0.3) is 0 Å². The maximum absolute atomic E-state index is 13.4. The van der Waals surface area contributed by atoms with E-state index >= 15 is 0 Å². The molecule has 1 aliphatic rings. The van der Waals surface area contributed by atoms with Crippen molar-refractivity contribution < 1.29 is 28.5 Å². The lowest BCUT2D eigenvalue weighted by molar-refractivity contribution is -0.139. The molecule has 1 heterocycles. The molecule has 276 valence electrons. The molecular weight excluding hydrogens is 675 g/mol. The van der Waals surface area contributed by atoms with E-state index in [1.807, 2.05) is 35.5 Å². The van der Waals surface area contributed by atoms with Gasteiger partial charge in [-0.1, -0.05) is 75.6 Å². The Labute approximate surface area is 311 Å². The first-order valence-electron chi connectivity index (χ1n) is 18.6. The minimum Gasteiger partial charge on any atom is -0.491 e. The highest BCUT2D eigenvalue weighted by Crippen LogP contribution is 2.38. The number of nitrogens with zero attached hydrogens (tertiary/aromatic N) is 3. The predicted octanol–water partition coefficient (Wildman–Crippen LogP) is 9.74. The maximum Gasteiger partial charge on any atom is 0.343 e. The molecule has 1 aromatic heterocycles. The van der Waals surface area contributed by atoms with Crippen LogP contribution in [0.5, 0.6) is 11.5 Å². The normalized spacial score (nSPS) is 15.8. The van der Waals surface area contributed by atoms with Gasteiger partial charge in [0.15, 0.2) is 0 Å². The molecular formula is C42H51N3O6S. The number of hydrogen-bond donors (Lipinski definition) is 0. The second kappa shape index (κ2) is 20.5. The molecule has 9 nitrogen and oxygen atoms in total. The number of ether oxygens (including phenoxy) is 4. The fourth-order valence-corrected chi connectivity index (χ4v) is 7.29. The number of unbranched alkanes of at least 4 members (excludes halogenated alkanes) is 3. The van der Waals surface area contributed by atoms with Crippen LogP contribution >= 0.6 is 11.3 Å². The van der Waals surface area contributed by atoms with Crippen LogP contribution in [-0.4, -0.2) is 56.1 Å². The predicted molar refractivity (Wildman–Crippen MR) is 209 cm³/mol. The summed E-state index contributed by atoms with van der Waals surface area (Å²) in [7, 11) is 0. The van der Waals surface area contributed by atoms with Gasteiger partial charge in [0, 0.05) is 18.2 Å². The van der Waals surface area contributed by atoms with E-state index in [0.717, 1.165) is 71.6 Å². The molecule has 0 bridgehead atoms. The molecule has 5 rings (SSSR count). The quantitative estimate of drug-likeness (QED) is 0.0222. The number of thiazole rings is 1. The molecule has 0 aliphatic heterocycles. The van der Waals surface area contributed by atoms with Gasteiger partial charge in [0.2, 0.25) is 5.13 Å². The van der Waals surface area contributed by atoms with E-state index in [2.05, 4.69) is 38.6 Å². The van der Waals surface area contributed by atoms with E-state index in [-0.39, 0.29) is 13.2 Å². The average molecular weight is 726 g/mol. The zero-order chi connectivity index (χ0) is 36.5. The third kappa shape index (κ3) is 11.5. The summed E-state index contributed by atoms with van der Waals surface area (Å²) in [6.45, 7) is 9.65. The smallest absolute Gasteiger partial charge is 0.343 e. The Morgan fingerprint density at radius 1 is 0.942 bits per heavy atom. The molecule has 1 fully saturated rings. The second-order valence-electron chi connectivity index (χ2n) is 13.1. The minimum atomic E-state index is -0.482. The molecule has 0 unspecified atom stereocenters. The summed E-state index contributed by atoms with van der Waals surface area (Å²) in [5.41, 5.74) is 3.39. The number of anilines is 1. The maximum atomic E-state index is 13.4. The number of para-hydroxylation sites is 1. The monoisotopic (exact) mass is 725 g/mol. The van der Waals surface area contributed by atoms with Gasteiger partial charge in [-0.05, 0) is 98.0 Å². The van der Waals surface area contributed by atoms with Crippen LogP contribution < -0.4 is 14.5 Å². The van der Waals surface area contributed by atoms with E-state index in [4.69, 9.17) is 29.0 Å². The van der Waals surface area contributed by atoms with Crippen molar-refractivity contribution in [2.24, 2.45) is 11.0 Å². The van der Waals surface area contributed by atoms with Crippen molar-refractivity contribution in [3.8, 4) is 11.5 Å². The van der Waals surface area contributed by atoms with Gasteiger partial charge in [0.05, 0.1) is 35.2 Å². The highest BCUT2D eigenvalue weighted by Gasteiger charge is 2.23. The Balaban J connectivity index is 1.29. The van der Waals surface area contributed by atoms with E-state index in [1.165, 1.54) is 31.2 Å². The molecule has 4 aromatic rings. The number of rotatable bonds is 20. The molecule has 52 heavy (non-hydrogen) atoms. The SMILES string of the molecule is C=CC(=O)OCCOCCOc1ccc(C(=O)Oc2ccc(C3CCC(CC)CC3)cc2/C=N/N(CCCCCC)c2nc3ccccc3s2)cc1. The number of carbonyl (C=O) groups is 2. The zero-order valence-electron chi connectivity index (χ0n) is 30.5. The number of aromatic nitrogens is 1. The van der Waals surface area contributed by atoms with Crippen molar-refractivity contribution in [1.29, 1.82) is 0 Å². The van der Waals surface area contributed by atoms with Gasteiger partial charge in [-0.25, -0.2) is 19.6 Å². The fourth-order valence-electron chi connectivity index (χ4n) is 6.34. The van der Waals surface area contributed by atoms with Crippen molar-refractivity contribution in [3.05, 3.63) is 96.1 Å². The van der Waals surface area contributed by atoms with Crippen LogP contribution in [0.2, 0.25) is 0 Å². The van der Waals surface area contributed by atoms with E-state index in [0.29, 0.717) is 36.2 Å². The molecule has 1 aliphatic carbocycles. The van der Waals surface area contributed by atoms with Crippen molar-refractivity contribution in [2.45, 2.75) is 77.6 Å². The Morgan fingerprint density at radius 2 is 1.73 bits per heavy atom. The summed E-state index contributed by atoms with van der Waals surface area (Å²) < 4.78 is 23.2. The Hall–Kier alpha value is -4.54. The number of fused-ring (bicyclic) bond motifs is 1. The summed E-state index contributed by atoms with van der Waals surface area (Å²) in [4.78, 5) is 29.4. The van der Waals surface area contributed by atoms with Gasteiger partial charge in [-0.3, -0.25) is 0 Å². The van der Waals surface area contributed by atoms with Gasteiger partial charge in [-0.2, -0.15) is 5.10 Å². The summed E-state index contributed by atoms with van der Waals surface area (Å²) >= 11 is 1.64. The Kier molecular flexibility index (Phi) is 15.2. The molecule has 0 spiro atoms. The molecule has 0 saturated heterocycles. The van der Waals surface area contributed by atoms with Crippen LogP contribution in [0.3, 0.4) is 0 Å². The third-order valence-electron chi connectivity index (χ3n) is 9.42. The molecule has 10 heteroatoms. The lowest BCUT2D eigenvalue weighted by atomic mass is 9.77. The van der Waals surface area contributed by atoms with Gasteiger partial charge in [-0.15, -0.1) is 0 Å². The first kappa shape index (κ1) is 38.7. The number of hydrogen-bond acceptors (Lipinski definition) is 10. The minimum absolute atomic E-state index is 0.151. The Morgan fingerprint density at radius 3 is 2.48 bits per heavy atom. The third-order valence-corrected chi connectivity index (χ3v) is 10.5. The highest BCUT2D eigenvalue weighted by molar-refractivity contribution is 7.22. The molecule has 1 saturated carbocycles. The van der Waals surface area contributed by atoms with Crippen LogP contribution in [-0.2, 0) is 14.3 Å². The van der Waals surface area contributed by atoms with Gasteiger partial charge in [0.1, 0.15) is 24.7 Å². The molecule has 0 amide bonds. The van der Waals surface area contributed by atoms with Crippen LogP contribution in [0.4, 0.5) is 5.13 Å². The van der Waals surface area contributed by atoms with E-state index in [9.17, 15) is 9.59 Å². The molecule has 0 N–H and O–H groups in total. The highest BCUT2D eigenvalue weighted by atomic mass is 32.1. The topological polar surface area (TPSA) is 99.5 Å². The van der Waals surface area contributed by atoms with E-state index < -0.39 is 11.9 Å². The van der Waals surface area contributed by atoms with Crippen LogP contribution in [0.25, 0.3) is 10.2 Å². The van der Waals surface area contributed by atoms with Crippen molar-refractivity contribution in [2.75, 3.05) is 38.0 Å². The number of carbonyl (C=O) groups excluding carboxylic acids is 2. The molecule has 0 radical (unpaired) electrons. The van der Waals surface area contributed by atoms with E-state index in [1.54, 1.807) is 35.6 Å². The Bertz CT molecular complexity index is 1730. The van der Waals surface area contributed by atoms with Crippen molar-refractivity contribution in [1.82, 2.24) is 4.98 Å². The summed E-state index contributed by atoms with van der Waals surface area (Å²) in [5, 5.41) is 7.84. The second-order valence-corrected chi connectivity index (χ2v) is 14.1. The lowest BCUT2D eigenvalue weighted by Crippen LogP contribution is -2.18. The largest absolute Gasteiger partial charge is 0.491 e. The average Bonchev–Trinajstić information content (AvgIpc) is 3.62. The zero-order valence-corrected chi connectivity index (χ0v) is 31.3. The van der Waals surface area contributed by atoms with Crippen LogP contribution in [0.15, 0.2) is 84.5 Å². The van der Waals surface area contributed by atoms with Crippen molar-refractivity contribution in [3.63, 3.8) is 0 Å². The lowest BCUT2D eigenvalue weighted by Gasteiger charge is -2.28. The number of benzene rings is 3. The molecule has 0 atom stereocenters.